The van der Waals surface area contributed by atoms with Gasteiger partial charge in [-0.15, -0.1) is 0 Å². The summed E-state index contributed by atoms with van der Waals surface area (Å²) in [5.41, 5.74) is 0.190. The molecule has 5 nitrogen and oxygen atoms in total. The smallest absolute Gasteiger partial charge is 0.338 e. The predicted octanol–water partition coefficient (Wildman–Crippen LogP) is 3.59. The van der Waals surface area contributed by atoms with Crippen molar-refractivity contribution in [3.05, 3.63) is 48.6 Å². The zero-order chi connectivity index (χ0) is 16.7. The van der Waals surface area contributed by atoms with Crippen molar-refractivity contribution in [2.24, 2.45) is 0 Å². The number of hydrogen-bond acceptors (Lipinski definition) is 5. The quantitative estimate of drug-likeness (QED) is 0.221. The Morgan fingerprint density at radius 2 is 1.52 bits per heavy atom. The fraction of sp³-hybridized carbons (Fsp3) is 0.0556. The number of phenols is 3. The van der Waals surface area contributed by atoms with E-state index in [1.54, 1.807) is 24.3 Å². The van der Waals surface area contributed by atoms with Crippen LogP contribution in [0.25, 0.3) is 21.5 Å². The van der Waals surface area contributed by atoms with E-state index >= 15 is 0 Å². The van der Waals surface area contributed by atoms with E-state index in [0.29, 0.717) is 10.8 Å². The first kappa shape index (κ1) is 14.7. The van der Waals surface area contributed by atoms with Crippen molar-refractivity contribution < 1.29 is 24.9 Å². The minimum atomic E-state index is -0.662. The van der Waals surface area contributed by atoms with Crippen LogP contribution in [-0.2, 0) is 4.79 Å². The van der Waals surface area contributed by atoms with Crippen molar-refractivity contribution in [1.29, 1.82) is 0 Å². The van der Waals surface area contributed by atoms with Gasteiger partial charge in [0.2, 0.25) is 0 Å². The van der Waals surface area contributed by atoms with Gasteiger partial charge in [0, 0.05) is 16.3 Å². The lowest BCUT2D eigenvalue weighted by atomic mass is 9.99. The van der Waals surface area contributed by atoms with Gasteiger partial charge in [0.25, 0.3) is 0 Å². The van der Waals surface area contributed by atoms with Crippen LogP contribution in [0.4, 0.5) is 0 Å². The third kappa shape index (κ3) is 2.23. The number of fused-ring (bicyclic) bond motifs is 2. The second-order valence-corrected chi connectivity index (χ2v) is 5.25. The van der Waals surface area contributed by atoms with Crippen LogP contribution >= 0.6 is 0 Å². The van der Waals surface area contributed by atoms with Gasteiger partial charge in [-0.25, -0.2) is 4.79 Å². The average molecular weight is 310 g/mol. The highest BCUT2D eigenvalue weighted by Crippen LogP contribution is 2.48. The summed E-state index contributed by atoms with van der Waals surface area (Å²) in [5.74, 6) is -1.24. The van der Waals surface area contributed by atoms with Gasteiger partial charge >= 0.3 is 5.97 Å². The number of phenolic OH excluding ortho intramolecular Hbond substituents is 3. The van der Waals surface area contributed by atoms with E-state index in [1.807, 2.05) is 0 Å². The molecule has 0 aromatic heterocycles. The molecule has 0 atom stereocenters. The molecule has 0 heterocycles. The number of aromatic hydroxyl groups is 3. The van der Waals surface area contributed by atoms with Gasteiger partial charge < -0.3 is 20.1 Å². The molecule has 0 fully saturated rings. The van der Waals surface area contributed by atoms with Gasteiger partial charge in [-0.3, -0.25) is 0 Å². The van der Waals surface area contributed by atoms with Crippen LogP contribution in [0.2, 0.25) is 0 Å². The molecule has 116 valence electrons. The lowest BCUT2D eigenvalue weighted by Gasteiger charge is -2.15. The summed E-state index contributed by atoms with van der Waals surface area (Å²) >= 11 is 0. The molecule has 23 heavy (non-hydrogen) atoms. The molecule has 5 heteroatoms. The van der Waals surface area contributed by atoms with E-state index in [2.05, 4.69) is 6.58 Å². The van der Waals surface area contributed by atoms with Crippen LogP contribution in [0.15, 0.2) is 48.6 Å². The lowest BCUT2D eigenvalue weighted by Crippen LogP contribution is -2.09. The van der Waals surface area contributed by atoms with Crippen LogP contribution in [0, 0.1) is 0 Å². The standard InChI is InChI=1S/C18H14O5/c1-9(2)18(22)23-17-11-6-4-3-5-10(11)16(21)14-12(19)7-8-13(20)15(14)17/h3-8,19-21H,1H2,2H3. The number of benzene rings is 3. The molecule has 0 aliphatic rings. The van der Waals surface area contributed by atoms with E-state index in [-0.39, 0.29) is 39.3 Å². The molecule has 0 aliphatic heterocycles. The number of rotatable bonds is 2. The van der Waals surface area contributed by atoms with Crippen molar-refractivity contribution in [2.45, 2.75) is 6.92 Å². The van der Waals surface area contributed by atoms with E-state index in [9.17, 15) is 20.1 Å². The second-order valence-electron chi connectivity index (χ2n) is 5.25. The predicted molar refractivity (Wildman–Crippen MR) is 86.9 cm³/mol. The monoisotopic (exact) mass is 310 g/mol. The SMILES string of the molecule is C=C(C)C(=O)Oc1c2ccccc2c(O)c2c(O)ccc(O)c12. The average Bonchev–Trinajstić information content (AvgIpc) is 2.53. The fourth-order valence-electron chi connectivity index (χ4n) is 2.49. The summed E-state index contributed by atoms with van der Waals surface area (Å²) in [5, 5.41) is 31.6. The minimum absolute atomic E-state index is 0.0215. The Bertz CT molecular complexity index is 972. The van der Waals surface area contributed by atoms with Gasteiger partial charge in [0.15, 0.2) is 5.75 Å². The number of carbonyl (C=O) groups excluding carboxylic acids is 1. The highest BCUT2D eigenvalue weighted by Gasteiger charge is 2.21. The van der Waals surface area contributed by atoms with Crippen molar-refractivity contribution in [3.8, 4) is 23.0 Å². The van der Waals surface area contributed by atoms with E-state index in [0.717, 1.165) is 0 Å². The van der Waals surface area contributed by atoms with Crippen LogP contribution < -0.4 is 4.74 Å². The van der Waals surface area contributed by atoms with E-state index < -0.39 is 5.97 Å². The zero-order valence-electron chi connectivity index (χ0n) is 12.3. The number of esters is 1. The molecule has 0 unspecified atom stereocenters. The van der Waals surface area contributed by atoms with Gasteiger partial charge in [-0.2, -0.15) is 0 Å². The second kappa shape index (κ2) is 5.21. The Labute approximate surface area is 131 Å². The molecule has 0 radical (unpaired) electrons. The zero-order valence-corrected chi connectivity index (χ0v) is 12.3. The Morgan fingerprint density at radius 3 is 2.13 bits per heavy atom. The van der Waals surface area contributed by atoms with Crippen LogP contribution in [0.1, 0.15) is 6.92 Å². The maximum absolute atomic E-state index is 12.0. The fourth-order valence-corrected chi connectivity index (χ4v) is 2.49. The maximum atomic E-state index is 12.0. The molecule has 3 aromatic carbocycles. The van der Waals surface area contributed by atoms with E-state index in [1.165, 1.54) is 19.1 Å². The third-order valence-electron chi connectivity index (χ3n) is 3.60. The molecule has 3 N–H and O–H groups in total. The molecular weight excluding hydrogens is 296 g/mol. The molecule has 0 saturated carbocycles. The molecule has 0 amide bonds. The Kier molecular flexibility index (Phi) is 3.33. The Hall–Kier alpha value is -3.21. The first-order valence-corrected chi connectivity index (χ1v) is 6.87. The van der Waals surface area contributed by atoms with Crippen molar-refractivity contribution >= 4 is 27.5 Å². The summed E-state index contributed by atoms with van der Waals surface area (Å²) in [6.45, 7) is 5.04. The van der Waals surface area contributed by atoms with Crippen LogP contribution in [0.3, 0.4) is 0 Å². The molecule has 0 saturated heterocycles. The van der Waals surface area contributed by atoms with Gasteiger partial charge in [0.05, 0.1) is 10.8 Å². The molecule has 3 rings (SSSR count). The van der Waals surface area contributed by atoms with Gasteiger partial charge in [0.1, 0.15) is 17.2 Å². The number of carbonyl (C=O) groups is 1. The minimum Gasteiger partial charge on any atom is -0.507 e. The number of ether oxygens (including phenoxy) is 1. The van der Waals surface area contributed by atoms with Gasteiger partial charge in [-0.05, 0) is 19.1 Å². The summed E-state index contributed by atoms with van der Waals surface area (Å²) in [4.78, 5) is 12.0. The summed E-state index contributed by atoms with van der Waals surface area (Å²) < 4.78 is 5.37. The summed E-state index contributed by atoms with van der Waals surface area (Å²) in [7, 11) is 0. The highest BCUT2D eigenvalue weighted by molar-refractivity contribution is 6.15. The van der Waals surface area contributed by atoms with Crippen molar-refractivity contribution in [1.82, 2.24) is 0 Å². The molecule has 0 spiro atoms. The molecule has 0 aliphatic carbocycles. The lowest BCUT2D eigenvalue weighted by molar-refractivity contribution is -0.129. The first-order chi connectivity index (χ1) is 10.9. The normalized spacial score (nSPS) is 10.8. The van der Waals surface area contributed by atoms with Crippen molar-refractivity contribution in [3.63, 3.8) is 0 Å². The molecular formula is C18H14O5. The number of hydrogen-bond donors (Lipinski definition) is 3. The maximum Gasteiger partial charge on any atom is 0.338 e. The van der Waals surface area contributed by atoms with Gasteiger partial charge in [-0.1, -0.05) is 30.8 Å². The largest absolute Gasteiger partial charge is 0.507 e. The van der Waals surface area contributed by atoms with Crippen LogP contribution in [0.5, 0.6) is 23.0 Å². The van der Waals surface area contributed by atoms with Crippen LogP contribution in [-0.4, -0.2) is 21.3 Å². The first-order valence-electron chi connectivity index (χ1n) is 6.87. The Balaban J connectivity index is 2.51. The Morgan fingerprint density at radius 1 is 0.957 bits per heavy atom. The summed E-state index contributed by atoms with van der Waals surface area (Å²) in [6, 6.07) is 9.23. The van der Waals surface area contributed by atoms with Crippen molar-refractivity contribution in [2.75, 3.05) is 0 Å². The topological polar surface area (TPSA) is 87.0 Å². The third-order valence-corrected chi connectivity index (χ3v) is 3.60. The summed E-state index contributed by atoms with van der Waals surface area (Å²) in [6.07, 6.45) is 0. The van der Waals surface area contributed by atoms with E-state index in [4.69, 9.17) is 4.74 Å². The highest BCUT2D eigenvalue weighted by atomic mass is 16.5. The molecule has 0 bridgehead atoms. The molecule has 3 aromatic rings.